The third-order valence-corrected chi connectivity index (χ3v) is 7.30. The second-order valence-corrected chi connectivity index (χ2v) is 11.7. The lowest BCUT2D eigenvalue weighted by Gasteiger charge is -2.27. The number of phenols is 1. The van der Waals surface area contributed by atoms with Gasteiger partial charge in [0.15, 0.2) is 0 Å². The summed E-state index contributed by atoms with van der Waals surface area (Å²) in [4.78, 5) is 2.36. The molecule has 2 aromatic rings. The first kappa shape index (κ1) is 29.4. The normalized spacial score (nSPS) is 12.7. The Morgan fingerprint density at radius 1 is 0.657 bits per heavy atom. The average molecular weight is 480 g/mol. The SMILES string of the molecule is CC(C)CCCCCc1cc(C(CCc2ccccc2)N(C)C)cc(CCCCCC(C)C)c1O. The third-order valence-electron chi connectivity index (χ3n) is 7.30. The third kappa shape index (κ3) is 11.2. The molecule has 0 radical (unpaired) electrons. The fourth-order valence-electron chi connectivity index (χ4n) is 5.12. The van der Waals surface area contributed by atoms with E-state index in [1.807, 2.05) is 0 Å². The van der Waals surface area contributed by atoms with Gasteiger partial charge in [0, 0.05) is 6.04 Å². The molecular formula is C33H53NO. The summed E-state index contributed by atoms with van der Waals surface area (Å²) in [5, 5.41) is 11.2. The lowest BCUT2D eigenvalue weighted by atomic mass is 9.90. The summed E-state index contributed by atoms with van der Waals surface area (Å²) in [6.07, 6.45) is 14.1. The van der Waals surface area contributed by atoms with E-state index in [2.05, 4.69) is 89.2 Å². The summed E-state index contributed by atoms with van der Waals surface area (Å²) >= 11 is 0. The van der Waals surface area contributed by atoms with Gasteiger partial charge < -0.3 is 10.0 Å². The van der Waals surface area contributed by atoms with E-state index in [9.17, 15) is 5.11 Å². The molecule has 0 aliphatic heterocycles. The van der Waals surface area contributed by atoms with Crippen molar-refractivity contribution in [1.29, 1.82) is 0 Å². The van der Waals surface area contributed by atoms with Crippen molar-refractivity contribution >= 4 is 0 Å². The number of rotatable bonds is 17. The molecule has 0 aliphatic rings. The smallest absolute Gasteiger partial charge is 0.121 e. The number of hydrogen-bond donors (Lipinski definition) is 1. The number of unbranched alkanes of at least 4 members (excludes halogenated alkanes) is 4. The molecular weight excluding hydrogens is 426 g/mol. The maximum Gasteiger partial charge on any atom is 0.121 e. The van der Waals surface area contributed by atoms with Gasteiger partial charge in [0.05, 0.1) is 0 Å². The molecule has 0 spiro atoms. The standard InChI is InChI=1S/C33H53NO/c1-26(2)16-10-7-14-20-29-24-31(25-30(33(29)35)21-15-8-11-17-27(3)4)32(34(5)6)23-22-28-18-12-9-13-19-28/h9,12-13,18-19,24-27,32,35H,7-8,10-11,14-17,20-23H2,1-6H3. The highest BCUT2D eigenvalue weighted by molar-refractivity contribution is 5.45. The van der Waals surface area contributed by atoms with Crippen LogP contribution in [0.3, 0.4) is 0 Å². The molecule has 2 nitrogen and oxygen atoms in total. The van der Waals surface area contributed by atoms with Gasteiger partial charge in [0.25, 0.3) is 0 Å². The lowest BCUT2D eigenvalue weighted by Crippen LogP contribution is -2.21. The van der Waals surface area contributed by atoms with Crippen molar-refractivity contribution in [3.63, 3.8) is 0 Å². The van der Waals surface area contributed by atoms with Crippen LogP contribution >= 0.6 is 0 Å². The average Bonchev–Trinajstić information content (AvgIpc) is 2.81. The summed E-state index contributed by atoms with van der Waals surface area (Å²) in [5.41, 5.74) is 5.10. The van der Waals surface area contributed by atoms with Crippen LogP contribution < -0.4 is 0 Å². The van der Waals surface area contributed by atoms with E-state index in [4.69, 9.17) is 0 Å². The number of aryl methyl sites for hydroxylation is 3. The predicted octanol–water partition coefficient (Wildman–Crippen LogP) is 9.15. The highest BCUT2D eigenvalue weighted by Crippen LogP contribution is 2.33. The van der Waals surface area contributed by atoms with Crippen molar-refractivity contribution in [3.05, 3.63) is 64.7 Å². The van der Waals surface area contributed by atoms with Crippen LogP contribution in [-0.4, -0.2) is 24.1 Å². The molecule has 2 heteroatoms. The van der Waals surface area contributed by atoms with E-state index in [-0.39, 0.29) is 0 Å². The molecule has 0 saturated carbocycles. The fourth-order valence-corrected chi connectivity index (χ4v) is 5.12. The zero-order valence-corrected chi connectivity index (χ0v) is 23.7. The van der Waals surface area contributed by atoms with Gasteiger partial charge in [-0.1, -0.05) is 109 Å². The monoisotopic (exact) mass is 479 g/mol. The second kappa shape index (κ2) is 16.0. The Balaban J connectivity index is 2.16. The molecule has 2 aromatic carbocycles. The molecule has 1 atom stereocenters. The Labute approximate surface area is 217 Å². The molecule has 0 saturated heterocycles. The Morgan fingerprint density at radius 3 is 1.63 bits per heavy atom. The number of nitrogens with zero attached hydrogens (tertiary/aromatic N) is 1. The van der Waals surface area contributed by atoms with Crippen LogP contribution in [0.1, 0.15) is 114 Å². The molecule has 0 aliphatic carbocycles. The van der Waals surface area contributed by atoms with Gasteiger partial charge in [-0.2, -0.15) is 0 Å². The molecule has 0 fully saturated rings. The lowest BCUT2D eigenvalue weighted by molar-refractivity contribution is 0.283. The van der Waals surface area contributed by atoms with Crippen LogP contribution in [0.15, 0.2) is 42.5 Å². The number of hydrogen-bond acceptors (Lipinski definition) is 2. The van der Waals surface area contributed by atoms with Gasteiger partial charge in [-0.3, -0.25) is 0 Å². The predicted molar refractivity (Wildman–Crippen MR) is 153 cm³/mol. The summed E-state index contributed by atoms with van der Waals surface area (Å²) in [7, 11) is 4.39. The Hall–Kier alpha value is -1.80. The molecule has 35 heavy (non-hydrogen) atoms. The second-order valence-electron chi connectivity index (χ2n) is 11.7. The minimum Gasteiger partial charge on any atom is -0.507 e. The first-order valence-electron chi connectivity index (χ1n) is 14.3. The molecule has 0 amide bonds. The minimum atomic E-state index is 0.357. The molecule has 196 valence electrons. The van der Waals surface area contributed by atoms with Crippen LogP contribution in [0.4, 0.5) is 0 Å². The molecule has 0 heterocycles. The van der Waals surface area contributed by atoms with Crippen LogP contribution in [-0.2, 0) is 19.3 Å². The fraction of sp³-hybridized carbons (Fsp3) is 0.636. The Bertz CT molecular complexity index is 785. The van der Waals surface area contributed by atoms with Gasteiger partial charge in [0.2, 0.25) is 0 Å². The highest BCUT2D eigenvalue weighted by Gasteiger charge is 2.19. The quantitative estimate of drug-likeness (QED) is 0.229. The molecule has 1 N–H and O–H groups in total. The maximum atomic E-state index is 11.2. The van der Waals surface area contributed by atoms with Gasteiger partial charge in [-0.05, 0) is 86.7 Å². The van der Waals surface area contributed by atoms with Gasteiger partial charge in [-0.25, -0.2) is 0 Å². The molecule has 0 aromatic heterocycles. The largest absolute Gasteiger partial charge is 0.507 e. The van der Waals surface area contributed by atoms with Crippen LogP contribution in [0.5, 0.6) is 5.75 Å². The van der Waals surface area contributed by atoms with Crippen molar-refractivity contribution in [2.75, 3.05) is 14.1 Å². The van der Waals surface area contributed by atoms with Gasteiger partial charge in [0.1, 0.15) is 5.75 Å². The topological polar surface area (TPSA) is 23.5 Å². The number of aromatic hydroxyl groups is 1. The molecule has 2 rings (SSSR count). The summed E-state index contributed by atoms with van der Waals surface area (Å²) < 4.78 is 0. The zero-order chi connectivity index (χ0) is 25.6. The zero-order valence-electron chi connectivity index (χ0n) is 23.7. The van der Waals surface area contributed by atoms with Crippen LogP contribution in [0.2, 0.25) is 0 Å². The minimum absolute atomic E-state index is 0.357. The van der Waals surface area contributed by atoms with E-state index >= 15 is 0 Å². The van der Waals surface area contributed by atoms with E-state index in [0.29, 0.717) is 11.8 Å². The first-order chi connectivity index (χ1) is 16.8. The summed E-state index contributed by atoms with van der Waals surface area (Å²) in [6, 6.07) is 15.8. The van der Waals surface area contributed by atoms with E-state index < -0.39 is 0 Å². The number of benzene rings is 2. The first-order valence-corrected chi connectivity index (χ1v) is 14.3. The van der Waals surface area contributed by atoms with Gasteiger partial charge >= 0.3 is 0 Å². The molecule has 0 bridgehead atoms. The van der Waals surface area contributed by atoms with Crippen LogP contribution in [0.25, 0.3) is 0 Å². The molecule has 1 unspecified atom stereocenters. The van der Waals surface area contributed by atoms with Crippen molar-refractivity contribution in [1.82, 2.24) is 4.90 Å². The Kier molecular flexibility index (Phi) is 13.5. The number of phenolic OH excluding ortho intramolecular Hbond substituents is 1. The van der Waals surface area contributed by atoms with E-state index in [0.717, 1.165) is 61.5 Å². The highest BCUT2D eigenvalue weighted by atomic mass is 16.3. The van der Waals surface area contributed by atoms with E-state index in [1.54, 1.807) is 0 Å². The summed E-state index contributed by atoms with van der Waals surface area (Å²) in [6.45, 7) is 9.22. The maximum absolute atomic E-state index is 11.2. The van der Waals surface area contributed by atoms with Crippen molar-refractivity contribution in [3.8, 4) is 5.75 Å². The van der Waals surface area contributed by atoms with Crippen LogP contribution in [0, 0.1) is 11.8 Å². The van der Waals surface area contributed by atoms with Crippen molar-refractivity contribution in [2.24, 2.45) is 11.8 Å². The van der Waals surface area contributed by atoms with Crippen molar-refractivity contribution in [2.45, 2.75) is 111 Å². The van der Waals surface area contributed by atoms with Crippen molar-refractivity contribution < 1.29 is 5.11 Å². The summed E-state index contributed by atoms with van der Waals surface area (Å²) in [5.74, 6) is 2.13. The Morgan fingerprint density at radius 2 is 1.17 bits per heavy atom. The van der Waals surface area contributed by atoms with E-state index in [1.165, 1.54) is 49.7 Å². The van der Waals surface area contributed by atoms with Gasteiger partial charge in [-0.15, -0.1) is 0 Å².